The maximum absolute atomic E-state index is 11.3. The first-order valence-corrected chi connectivity index (χ1v) is 7.30. The van der Waals surface area contributed by atoms with Gasteiger partial charge in [-0.15, -0.1) is 0 Å². The van der Waals surface area contributed by atoms with E-state index in [1.165, 1.54) is 0 Å². The molecule has 0 saturated heterocycles. The fraction of sp³-hybridized carbons (Fsp3) is 1.00. The van der Waals surface area contributed by atoms with E-state index in [1.54, 1.807) is 0 Å². The number of rotatable bonds is 8. The molecule has 0 radical (unpaired) electrons. The molecule has 0 amide bonds. The normalized spacial score (nSPS) is 14.5. The van der Waals surface area contributed by atoms with Gasteiger partial charge in [0, 0.05) is 18.8 Å². The van der Waals surface area contributed by atoms with Crippen molar-refractivity contribution >= 4 is 9.84 Å². The van der Waals surface area contributed by atoms with Gasteiger partial charge in [-0.25, -0.2) is 8.42 Å². The van der Waals surface area contributed by atoms with Gasteiger partial charge in [0.25, 0.3) is 0 Å². The second-order valence-electron chi connectivity index (χ2n) is 4.17. The van der Waals surface area contributed by atoms with Crippen LogP contribution in [0.25, 0.3) is 0 Å². The third-order valence-corrected chi connectivity index (χ3v) is 4.08. The van der Waals surface area contributed by atoms with E-state index in [0.717, 1.165) is 0 Å². The largest absolute Gasteiger partial charge is 0.392 e. The van der Waals surface area contributed by atoms with Crippen molar-refractivity contribution in [2.75, 3.05) is 24.6 Å². The van der Waals surface area contributed by atoms with E-state index in [-0.39, 0.29) is 17.4 Å². The van der Waals surface area contributed by atoms with E-state index in [0.29, 0.717) is 19.5 Å². The average molecular weight is 237 g/mol. The lowest BCUT2D eigenvalue weighted by molar-refractivity contribution is 0.124. The summed E-state index contributed by atoms with van der Waals surface area (Å²) in [5.41, 5.74) is 0. The minimum atomic E-state index is -2.89. The highest BCUT2D eigenvalue weighted by molar-refractivity contribution is 7.91. The summed E-state index contributed by atoms with van der Waals surface area (Å²) in [6.45, 7) is 6.60. The van der Waals surface area contributed by atoms with Crippen molar-refractivity contribution in [3.8, 4) is 0 Å². The SMILES string of the molecule is CCCS(=O)(=O)CCNCC(O)C(C)C. The molecule has 0 aliphatic rings. The smallest absolute Gasteiger partial charge is 0.151 e. The van der Waals surface area contributed by atoms with Gasteiger partial charge in [0.05, 0.1) is 11.9 Å². The first-order chi connectivity index (χ1) is 6.89. The molecule has 0 heterocycles. The molecule has 15 heavy (non-hydrogen) atoms. The highest BCUT2D eigenvalue weighted by Gasteiger charge is 2.11. The minimum Gasteiger partial charge on any atom is -0.392 e. The molecule has 0 spiro atoms. The zero-order chi connectivity index (χ0) is 11.9. The summed E-state index contributed by atoms with van der Waals surface area (Å²) in [5.74, 6) is 0.609. The summed E-state index contributed by atoms with van der Waals surface area (Å²) in [6, 6.07) is 0. The fourth-order valence-corrected chi connectivity index (χ4v) is 2.41. The standard InChI is InChI=1S/C10H23NO3S/c1-4-6-15(13,14)7-5-11-8-10(12)9(2)3/h9-12H,4-8H2,1-3H3. The summed E-state index contributed by atoms with van der Waals surface area (Å²) < 4.78 is 22.6. The molecular formula is C10H23NO3S. The molecule has 5 heteroatoms. The summed E-state index contributed by atoms with van der Waals surface area (Å²) in [7, 11) is -2.89. The van der Waals surface area contributed by atoms with Crippen LogP contribution in [-0.2, 0) is 9.84 Å². The predicted octanol–water partition coefficient (Wildman–Crippen LogP) is 0.418. The Balaban J connectivity index is 3.63. The molecule has 0 aromatic heterocycles. The first-order valence-electron chi connectivity index (χ1n) is 5.48. The van der Waals surface area contributed by atoms with Crippen molar-refractivity contribution in [1.82, 2.24) is 5.32 Å². The maximum Gasteiger partial charge on any atom is 0.151 e. The van der Waals surface area contributed by atoms with Crippen molar-refractivity contribution in [2.45, 2.75) is 33.3 Å². The van der Waals surface area contributed by atoms with Gasteiger partial charge in [-0.3, -0.25) is 0 Å². The number of sulfone groups is 1. The molecule has 0 bridgehead atoms. The van der Waals surface area contributed by atoms with Crippen LogP contribution < -0.4 is 5.32 Å². The lowest BCUT2D eigenvalue weighted by Crippen LogP contribution is -2.33. The van der Waals surface area contributed by atoms with Crippen LogP contribution in [0.1, 0.15) is 27.2 Å². The molecule has 4 nitrogen and oxygen atoms in total. The predicted molar refractivity (Wildman–Crippen MR) is 62.7 cm³/mol. The van der Waals surface area contributed by atoms with Gasteiger partial charge in [-0.05, 0) is 12.3 Å². The molecule has 92 valence electrons. The van der Waals surface area contributed by atoms with Crippen LogP contribution in [0, 0.1) is 5.92 Å². The summed E-state index contributed by atoms with van der Waals surface area (Å²) in [5, 5.41) is 12.4. The van der Waals surface area contributed by atoms with Crippen molar-refractivity contribution in [2.24, 2.45) is 5.92 Å². The summed E-state index contributed by atoms with van der Waals surface area (Å²) in [6.07, 6.45) is 0.260. The monoisotopic (exact) mass is 237 g/mol. The van der Waals surface area contributed by atoms with E-state index >= 15 is 0 Å². The Morgan fingerprint density at radius 2 is 1.87 bits per heavy atom. The quantitative estimate of drug-likeness (QED) is 0.600. The van der Waals surface area contributed by atoms with E-state index in [2.05, 4.69) is 5.32 Å². The summed E-state index contributed by atoms with van der Waals surface area (Å²) >= 11 is 0. The number of hydrogen-bond acceptors (Lipinski definition) is 4. The van der Waals surface area contributed by atoms with Gasteiger partial charge in [-0.1, -0.05) is 20.8 Å². The minimum absolute atomic E-state index is 0.158. The molecule has 0 rings (SSSR count). The van der Waals surface area contributed by atoms with Gasteiger partial charge in [0.15, 0.2) is 9.84 Å². The molecule has 1 atom stereocenters. The number of aliphatic hydroxyl groups is 1. The Morgan fingerprint density at radius 1 is 1.27 bits per heavy atom. The van der Waals surface area contributed by atoms with Crippen LogP contribution in [0.5, 0.6) is 0 Å². The van der Waals surface area contributed by atoms with Crippen LogP contribution in [0.4, 0.5) is 0 Å². The van der Waals surface area contributed by atoms with E-state index < -0.39 is 15.9 Å². The average Bonchev–Trinajstić information content (AvgIpc) is 2.11. The summed E-state index contributed by atoms with van der Waals surface area (Å²) in [4.78, 5) is 0. The maximum atomic E-state index is 11.3. The molecule has 0 saturated carbocycles. The van der Waals surface area contributed by atoms with Crippen LogP contribution in [0.15, 0.2) is 0 Å². The van der Waals surface area contributed by atoms with Crippen LogP contribution in [0.2, 0.25) is 0 Å². The fourth-order valence-electron chi connectivity index (χ4n) is 1.13. The first kappa shape index (κ1) is 14.9. The van der Waals surface area contributed by atoms with Crippen LogP contribution in [0.3, 0.4) is 0 Å². The highest BCUT2D eigenvalue weighted by Crippen LogP contribution is 1.98. The third kappa shape index (κ3) is 7.76. The Labute approximate surface area is 93.0 Å². The Morgan fingerprint density at radius 3 is 2.33 bits per heavy atom. The van der Waals surface area contributed by atoms with Crippen molar-refractivity contribution in [1.29, 1.82) is 0 Å². The second kappa shape index (κ2) is 7.19. The number of aliphatic hydroxyl groups excluding tert-OH is 1. The molecule has 1 unspecified atom stereocenters. The van der Waals surface area contributed by atoms with Crippen molar-refractivity contribution in [3.63, 3.8) is 0 Å². The lowest BCUT2D eigenvalue weighted by atomic mass is 10.1. The van der Waals surface area contributed by atoms with Gasteiger partial charge < -0.3 is 10.4 Å². The molecule has 0 aliphatic carbocycles. The van der Waals surface area contributed by atoms with E-state index in [1.807, 2.05) is 20.8 Å². The van der Waals surface area contributed by atoms with E-state index in [9.17, 15) is 13.5 Å². The molecule has 2 N–H and O–H groups in total. The molecular weight excluding hydrogens is 214 g/mol. The molecule has 0 fully saturated rings. The third-order valence-electron chi connectivity index (χ3n) is 2.23. The lowest BCUT2D eigenvalue weighted by Gasteiger charge is -2.14. The Kier molecular flexibility index (Phi) is 7.13. The zero-order valence-corrected chi connectivity index (χ0v) is 10.7. The highest BCUT2D eigenvalue weighted by atomic mass is 32.2. The van der Waals surface area contributed by atoms with E-state index in [4.69, 9.17) is 0 Å². The van der Waals surface area contributed by atoms with Crippen molar-refractivity contribution in [3.05, 3.63) is 0 Å². The van der Waals surface area contributed by atoms with Gasteiger partial charge in [-0.2, -0.15) is 0 Å². The van der Waals surface area contributed by atoms with Crippen LogP contribution >= 0.6 is 0 Å². The van der Waals surface area contributed by atoms with Crippen molar-refractivity contribution < 1.29 is 13.5 Å². The topological polar surface area (TPSA) is 66.4 Å². The second-order valence-corrected chi connectivity index (χ2v) is 6.47. The van der Waals surface area contributed by atoms with Gasteiger partial charge in [0.1, 0.15) is 0 Å². The molecule has 0 aromatic rings. The molecule has 0 aliphatic heterocycles. The Hall–Kier alpha value is -0.130. The zero-order valence-electron chi connectivity index (χ0n) is 9.86. The number of hydrogen-bond donors (Lipinski definition) is 2. The van der Waals surface area contributed by atoms with Gasteiger partial charge >= 0.3 is 0 Å². The van der Waals surface area contributed by atoms with Crippen LogP contribution in [-0.4, -0.2) is 44.2 Å². The van der Waals surface area contributed by atoms with Gasteiger partial charge in [0.2, 0.25) is 0 Å². The molecule has 0 aromatic carbocycles. The Bertz CT molecular complexity index is 249. The number of nitrogens with one attached hydrogen (secondary N) is 1.